The van der Waals surface area contributed by atoms with E-state index in [4.69, 9.17) is 0 Å². The maximum absolute atomic E-state index is 11.6. The standard InChI is InChI=1S/C12H23NO/c1-8(2)12(14)7-13-6-9(3)10(4)11(13)5/h8-11H,6-7H2,1-5H3. The molecule has 2 nitrogen and oxygen atoms in total. The molecule has 0 aromatic carbocycles. The van der Waals surface area contributed by atoms with Crippen LogP contribution in [0.2, 0.25) is 0 Å². The summed E-state index contributed by atoms with van der Waals surface area (Å²) in [4.78, 5) is 13.9. The van der Waals surface area contributed by atoms with Crippen LogP contribution < -0.4 is 0 Å². The van der Waals surface area contributed by atoms with Crippen LogP contribution in [0.3, 0.4) is 0 Å². The number of hydrogen-bond acceptors (Lipinski definition) is 2. The van der Waals surface area contributed by atoms with Gasteiger partial charge in [0.05, 0.1) is 6.54 Å². The van der Waals surface area contributed by atoms with Gasteiger partial charge in [0.1, 0.15) is 5.78 Å². The van der Waals surface area contributed by atoms with Crippen molar-refractivity contribution in [1.29, 1.82) is 0 Å². The monoisotopic (exact) mass is 197 g/mol. The molecule has 0 bridgehead atoms. The Bertz CT molecular complexity index is 212. The van der Waals surface area contributed by atoms with Crippen LogP contribution in [0, 0.1) is 17.8 Å². The number of carbonyl (C=O) groups excluding carboxylic acids is 1. The van der Waals surface area contributed by atoms with Crippen LogP contribution in [0.25, 0.3) is 0 Å². The van der Waals surface area contributed by atoms with E-state index < -0.39 is 0 Å². The minimum absolute atomic E-state index is 0.174. The van der Waals surface area contributed by atoms with Crippen molar-refractivity contribution in [3.63, 3.8) is 0 Å². The Balaban J connectivity index is 2.51. The Morgan fingerprint density at radius 2 is 1.93 bits per heavy atom. The van der Waals surface area contributed by atoms with Gasteiger partial charge < -0.3 is 0 Å². The summed E-state index contributed by atoms with van der Waals surface area (Å²) in [5.41, 5.74) is 0. The molecule has 1 rings (SSSR count). The SMILES string of the molecule is CC(C)C(=O)CN1CC(C)C(C)C1C. The van der Waals surface area contributed by atoms with Crippen LogP contribution in [0.4, 0.5) is 0 Å². The van der Waals surface area contributed by atoms with Gasteiger partial charge in [0, 0.05) is 18.5 Å². The fourth-order valence-electron chi connectivity index (χ4n) is 2.10. The lowest BCUT2D eigenvalue weighted by atomic mass is 9.95. The van der Waals surface area contributed by atoms with E-state index in [0.29, 0.717) is 18.4 Å². The van der Waals surface area contributed by atoms with Crippen molar-refractivity contribution in [3.05, 3.63) is 0 Å². The Morgan fingerprint density at radius 3 is 2.29 bits per heavy atom. The van der Waals surface area contributed by atoms with E-state index in [1.165, 1.54) is 0 Å². The maximum Gasteiger partial charge on any atom is 0.149 e. The molecule has 0 spiro atoms. The molecule has 0 radical (unpaired) electrons. The lowest BCUT2D eigenvalue weighted by Gasteiger charge is -2.22. The minimum Gasteiger partial charge on any atom is -0.298 e. The van der Waals surface area contributed by atoms with Crippen LogP contribution in [-0.2, 0) is 4.79 Å². The molecule has 3 unspecified atom stereocenters. The zero-order valence-corrected chi connectivity index (χ0v) is 10.1. The highest BCUT2D eigenvalue weighted by Crippen LogP contribution is 2.28. The van der Waals surface area contributed by atoms with Gasteiger partial charge in [0.2, 0.25) is 0 Å². The number of likely N-dealkylation sites (tertiary alicyclic amines) is 1. The molecule has 1 heterocycles. The first kappa shape index (κ1) is 11.7. The van der Waals surface area contributed by atoms with Crippen LogP contribution in [-0.4, -0.2) is 29.8 Å². The number of Topliss-reactive ketones (excluding diaryl/α,β-unsaturated/α-hetero) is 1. The smallest absolute Gasteiger partial charge is 0.149 e. The molecule has 1 saturated heterocycles. The van der Waals surface area contributed by atoms with Crippen molar-refractivity contribution < 1.29 is 4.79 Å². The van der Waals surface area contributed by atoms with Gasteiger partial charge in [-0.05, 0) is 18.8 Å². The normalized spacial score (nSPS) is 34.0. The Morgan fingerprint density at radius 1 is 1.36 bits per heavy atom. The van der Waals surface area contributed by atoms with Crippen LogP contribution in [0.1, 0.15) is 34.6 Å². The third-order valence-electron chi connectivity index (χ3n) is 3.76. The molecular weight excluding hydrogens is 174 g/mol. The molecule has 1 aliphatic heterocycles. The zero-order valence-electron chi connectivity index (χ0n) is 10.1. The molecule has 3 atom stereocenters. The summed E-state index contributed by atoms with van der Waals surface area (Å²) < 4.78 is 0. The molecule has 82 valence electrons. The quantitative estimate of drug-likeness (QED) is 0.691. The summed E-state index contributed by atoms with van der Waals surface area (Å²) in [7, 11) is 0. The van der Waals surface area contributed by atoms with Gasteiger partial charge in [-0.25, -0.2) is 0 Å². The van der Waals surface area contributed by atoms with Gasteiger partial charge in [-0.3, -0.25) is 9.69 Å². The molecule has 2 heteroatoms. The average molecular weight is 197 g/mol. The highest BCUT2D eigenvalue weighted by Gasteiger charge is 2.34. The number of nitrogens with zero attached hydrogens (tertiary/aromatic N) is 1. The van der Waals surface area contributed by atoms with Gasteiger partial charge >= 0.3 is 0 Å². The van der Waals surface area contributed by atoms with Gasteiger partial charge in [0.15, 0.2) is 0 Å². The van der Waals surface area contributed by atoms with Crippen molar-refractivity contribution >= 4 is 5.78 Å². The van der Waals surface area contributed by atoms with E-state index in [-0.39, 0.29) is 5.92 Å². The predicted octanol–water partition coefficient (Wildman–Crippen LogP) is 2.19. The summed E-state index contributed by atoms with van der Waals surface area (Å²) in [6, 6.07) is 0.563. The van der Waals surface area contributed by atoms with Gasteiger partial charge in [-0.2, -0.15) is 0 Å². The van der Waals surface area contributed by atoms with Crippen molar-refractivity contribution in [2.24, 2.45) is 17.8 Å². The van der Waals surface area contributed by atoms with Gasteiger partial charge in [-0.1, -0.05) is 27.7 Å². The molecule has 1 fully saturated rings. The van der Waals surface area contributed by atoms with Gasteiger partial charge in [0.25, 0.3) is 0 Å². The number of ketones is 1. The second kappa shape index (κ2) is 4.43. The molecular formula is C12H23NO. The molecule has 0 aliphatic carbocycles. The van der Waals surface area contributed by atoms with Gasteiger partial charge in [-0.15, -0.1) is 0 Å². The third kappa shape index (κ3) is 2.35. The molecule has 0 aromatic rings. The molecule has 0 aromatic heterocycles. The van der Waals surface area contributed by atoms with Crippen molar-refractivity contribution in [2.75, 3.05) is 13.1 Å². The second-order valence-electron chi connectivity index (χ2n) is 5.13. The number of hydrogen-bond donors (Lipinski definition) is 0. The highest BCUT2D eigenvalue weighted by atomic mass is 16.1. The first-order valence-corrected chi connectivity index (χ1v) is 5.70. The fraction of sp³-hybridized carbons (Fsp3) is 0.917. The van der Waals surface area contributed by atoms with E-state index in [0.717, 1.165) is 18.4 Å². The average Bonchev–Trinajstić information content (AvgIpc) is 2.33. The number of rotatable bonds is 3. The van der Waals surface area contributed by atoms with Crippen LogP contribution in [0.5, 0.6) is 0 Å². The van der Waals surface area contributed by atoms with Crippen LogP contribution >= 0.6 is 0 Å². The first-order chi connectivity index (χ1) is 6.43. The summed E-state index contributed by atoms with van der Waals surface area (Å²) in [5, 5.41) is 0. The van der Waals surface area contributed by atoms with E-state index in [9.17, 15) is 4.79 Å². The highest BCUT2D eigenvalue weighted by molar-refractivity contribution is 5.82. The molecule has 0 amide bonds. The summed E-state index contributed by atoms with van der Waals surface area (Å²) >= 11 is 0. The maximum atomic E-state index is 11.6. The predicted molar refractivity (Wildman–Crippen MR) is 59.2 cm³/mol. The van der Waals surface area contributed by atoms with E-state index in [2.05, 4.69) is 25.7 Å². The molecule has 14 heavy (non-hydrogen) atoms. The van der Waals surface area contributed by atoms with Crippen molar-refractivity contribution in [1.82, 2.24) is 4.90 Å². The van der Waals surface area contributed by atoms with Crippen molar-refractivity contribution in [3.8, 4) is 0 Å². The zero-order chi connectivity index (χ0) is 10.9. The molecule has 0 saturated carbocycles. The number of carbonyl (C=O) groups is 1. The third-order valence-corrected chi connectivity index (χ3v) is 3.76. The fourth-order valence-corrected chi connectivity index (χ4v) is 2.10. The lowest BCUT2D eigenvalue weighted by Crippen LogP contribution is -2.35. The molecule has 1 aliphatic rings. The Kier molecular flexibility index (Phi) is 3.71. The summed E-state index contributed by atoms with van der Waals surface area (Å²) in [6.07, 6.45) is 0. The second-order valence-corrected chi connectivity index (χ2v) is 5.13. The van der Waals surface area contributed by atoms with E-state index in [1.54, 1.807) is 0 Å². The molecule has 0 N–H and O–H groups in total. The largest absolute Gasteiger partial charge is 0.298 e. The Labute approximate surface area is 87.7 Å². The van der Waals surface area contributed by atoms with E-state index >= 15 is 0 Å². The van der Waals surface area contributed by atoms with E-state index in [1.807, 2.05) is 13.8 Å². The van der Waals surface area contributed by atoms with Crippen LogP contribution in [0.15, 0.2) is 0 Å². The lowest BCUT2D eigenvalue weighted by molar-refractivity contribution is -0.123. The first-order valence-electron chi connectivity index (χ1n) is 5.70. The topological polar surface area (TPSA) is 20.3 Å². The van der Waals surface area contributed by atoms with Crippen molar-refractivity contribution in [2.45, 2.75) is 40.7 Å². The Hall–Kier alpha value is -0.370. The summed E-state index contributed by atoms with van der Waals surface area (Å²) in [5.74, 6) is 1.99. The minimum atomic E-state index is 0.174. The summed E-state index contributed by atoms with van der Waals surface area (Å²) in [6.45, 7) is 12.5.